The van der Waals surface area contributed by atoms with E-state index in [-0.39, 0.29) is 0 Å². The molecule has 34 heavy (non-hydrogen) atoms. The van der Waals surface area contributed by atoms with Crippen molar-refractivity contribution in [3.63, 3.8) is 0 Å². The average molecular weight is 498 g/mol. The average Bonchev–Trinajstić information content (AvgIpc) is 2.81. The minimum Gasteiger partial charge on any atom is -0.495 e. The summed E-state index contributed by atoms with van der Waals surface area (Å²) in [6, 6.07) is 13.5. The van der Waals surface area contributed by atoms with Crippen molar-refractivity contribution < 1.29 is 9.30 Å². The number of hydrogen-bond acceptors (Lipinski definition) is 7. The monoisotopic (exact) mass is 497 g/mol. The normalized spacial score (nSPS) is 14.4. The van der Waals surface area contributed by atoms with Crippen LogP contribution in [0.25, 0.3) is 5.57 Å². The minimum absolute atomic E-state index is 0.360. The van der Waals surface area contributed by atoms with E-state index < -0.39 is 7.14 Å². The molecule has 0 saturated carbocycles. The van der Waals surface area contributed by atoms with Crippen LogP contribution < -0.4 is 20.7 Å². The van der Waals surface area contributed by atoms with E-state index in [1.54, 1.807) is 20.4 Å². The molecule has 0 atom stereocenters. The number of rotatable bonds is 7. The van der Waals surface area contributed by atoms with Gasteiger partial charge in [-0.1, -0.05) is 35.9 Å². The quantitative estimate of drug-likeness (QED) is 0.412. The number of para-hydroxylation sites is 1. The molecule has 178 valence electrons. The van der Waals surface area contributed by atoms with E-state index in [9.17, 15) is 4.57 Å². The zero-order valence-corrected chi connectivity index (χ0v) is 21.5. The Morgan fingerprint density at radius 2 is 1.91 bits per heavy atom. The molecule has 0 fully saturated rings. The second-order valence-corrected chi connectivity index (χ2v) is 12.3. The molecule has 0 saturated heterocycles. The molecule has 1 aliphatic heterocycles. The first kappa shape index (κ1) is 24.3. The molecule has 0 amide bonds. The van der Waals surface area contributed by atoms with Gasteiger partial charge in [0, 0.05) is 18.4 Å². The molecule has 0 spiro atoms. The van der Waals surface area contributed by atoms with E-state index in [0.29, 0.717) is 28.2 Å². The Morgan fingerprint density at radius 1 is 1.12 bits per heavy atom. The van der Waals surface area contributed by atoms with Crippen LogP contribution in [0.4, 0.5) is 23.1 Å². The van der Waals surface area contributed by atoms with Gasteiger partial charge in [0.1, 0.15) is 17.9 Å². The molecule has 1 aliphatic rings. The van der Waals surface area contributed by atoms with Gasteiger partial charge < -0.3 is 24.8 Å². The number of ether oxygens (including phenoxy) is 1. The largest absolute Gasteiger partial charge is 0.495 e. The molecular weight excluding hydrogens is 469 g/mol. The third kappa shape index (κ3) is 5.61. The molecule has 9 heteroatoms. The van der Waals surface area contributed by atoms with Gasteiger partial charge in [0.05, 0.1) is 24.7 Å². The van der Waals surface area contributed by atoms with Crippen molar-refractivity contribution in [2.75, 3.05) is 51.2 Å². The highest BCUT2D eigenvalue weighted by Crippen LogP contribution is 2.39. The number of likely N-dealkylation sites (N-methyl/N-ethyl adjacent to an activating group) is 1. The lowest BCUT2D eigenvalue weighted by molar-refractivity contribution is 0.370. The number of nitrogens with one attached hydrogen (secondary N) is 2. The summed E-state index contributed by atoms with van der Waals surface area (Å²) in [4.78, 5) is 11.2. The fourth-order valence-corrected chi connectivity index (χ4v) is 5.13. The molecule has 2 aromatic carbocycles. The molecule has 2 heterocycles. The van der Waals surface area contributed by atoms with Gasteiger partial charge in [-0.15, -0.1) is 0 Å². The number of anilines is 4. The first-order chi connectivity index (χ1) is 16.2. The fourth-order valence-electron chi connectivity index (χ4n) is 3.84. The zero-order valence-electron chi connectivity index (χ0n) is 19.8. The second kappa shape index (κ2) is 10.2. The molecule has 0 radical (unpaired) electrons. The summed E-state index contributed by atoms with van der Waals surface area (Å²) in [7, 11) is 1.28. The lowest BCUT2D eigenvalue weighted by atomic mass is 9.99. The van der Waals surface area contributed by atoms with Crippen molar-refractivity contribution >= 4 is 52.8 Å². The number of aromatic nitrogens is 2. The van der Waals surface area contributed by atoms with Crippen molar-refractivity contribution in [2.24, 2.45) is 0 Å². The molecule has 7 nitrogen and oxygen atoms in total. The SMILES string of the molecule is COc1cc(C2=CCN(C)CC2)ccc1Nc1ncc(Cl)c(Nc2ccccc2P(C)(C)=O)n1. The van der Waals surface area contributed by atoms with Crippen LogP contribution in [0.1, 0.15) is 12.0 Å². The number of halogens is 1. The van der Waals surface area contributed by atoms with Crippen LogP contribution in [0, 0.1) is 0 Å². The Morgan fingerprint density at radius 3 is 2.62 bits per heavy atom. The minimum atomic E-state index is -2.49. The van der Waals surface area contributed by atoms with Gasteiger partial charge in [-0.3, -0.25) is 0 Å². The molecule has 1 aromatic heterocycles. The Hall–Kier alpha value is -2.86. The Kier molecular flexibility index (Phi) is 7.27. The molecule has 2 N–H and O–H groups in total. The summed E-state index contributed by atoms with van der Waals surface area (Å²) in [5.41, 5.74) is 3.92. The standard InChI is InChI=1S/C25H29ClN5O2P/c1-31-13-11-17(12-14-31)18-9-10-20(22(15-18)33-2)29-25-27-16-19(26)24(30-25)28-21-7-5-6-8-23(21)34(3,4)32/h5-11,15-16H,12-14H2,1-4H3,(H2,27,28,29,30). The van der Waals surface area contributed by atoms with Gasteiger partial charge in [0.25, 0.3) is 0 Å². The number of hydrogen-bond donors (Lipinski definition) is 2. The van der Waals surface area contributed by atoms with Gasteiger partial charge in [-0.25, -0.2) is 4.98 Å². The summed E-state index contributed by atoms with van der Waals surface area (Å²) in [5, 5.41) is 7.55. The van der Waals surface area contributed by atoms with Crippen LogP contribution in [0.2, 0.25) is 5.02 Å². The van der Waals surface area contributed by atoms with Crippen LogP contribution >= 0.6 is 18.7 Å². The Balaban J connectivity index is 1.59. The van der Waals surface area contributed by atoms with Crippen molar-refractivity contribution in [2.45, 2.75) is 6.42 Å². The summed E-state index contributed by atoms with van der Waals surface area (Å²) in [5.74, 6) is 1.49. The molecule has 0 bridgehead atoms. The molecule has 4 rings (SSSR count). The van der Waals surface area contributed by atoms with Gasteiger partial charge >= 0.3 is 0 Å². The summed E-state index contributed by atoms with van der Waals surface area (Å²) < 4.78 is 18.4. The predicted octanol–water partition coefficient (Wildman–Crippen LogP) is 5.59. The van der Waals surface area contributed by atoms with E-state index in [4.69, 9.17) is 16.3 Å². The maximum atomic E-state index is 12.7. The first-order valence-electron chi connectivity index (χ1n) is 11.0. The first-order valence-corrected chi connectivity index (χ1v) is 14.0. The second-order valence-electron chi connectivity index (χ2n) is 8.66. The lowest BCUT2D eigenvalue weighted by Crippen LogP contribution is -2.23. The third-order valence-corrected chi connectivity index (χ3v) is 7.54. The maximum absolute atomic E-state index is 12.7. The fraction of sp³-hybridized carbons (Fsp3) is 0.280. The van der Waals surface area contributed by atoms with Crippen molar-refractivity contribution in [1.29, 1.82) is 0 Å². The number of benzene rings is 2. The molecule has 0 unspecified atom stereocenters. The highest BCUT2D eigenvalue weighted by Gasteiger charge is 2.18. The zero-order chi connectivity index (χ0) is 24.3. The lowest BCUT2D eigenvalue weighted by Gasteiger charge is -2.22. The van der Waals surface area contributed by atoms with Gasteiger partial charge in [-0.2, -0.15) is 4.98 Å². The topological polar surface area (TPSA) is 79.4 Å². The molecular formula is C25H29ClN5O2P. The molecule has 0 aliphatic carbocycles. The van der Waals surface area contributed by atoms with Gasteiger partial charge in [0.15, 0.2) is 5.82 Å². The Bertz CT molecular complexity index is 1270. The number of methoxy groups -OCH3 is 1. The summed E-state index contributed by atoms with van der Waals surface area (Å²) in [6.07, 6.45) is 4.80. The van der Waals surface area contributed by atoms with Crippen LogP contribution in [0.3, 0.4) is 0 Å². The van der Waals surface area contributed by atoms with Gasteiger partial charge in [0.2, 0.25) is 5.95 Å². The van der Waals surface area contributed by atoms with Crippen LogP contribution in [-0.2, 0) is 4.57 Å². The molecule has 3 aromatic rings. The van der Waals surface area contributed by atoms with E-state index in [2.05, 4.69) is 44.7 Å². The third-order valence-electron chi connectivity index (χ3n) is 5.71. The number of nitrogens with zero attached hydrogens (tertiary/aromatic N) is 3. The van der Waals surface area contributed by atoms with Crippen LogP contribution in [-0.4, -0.2) is 55.4 Å². The van der Waals surface area contributed by atoms with Crippen LogP contribution in [0.15, 0.2) is 54.7 Å². The van der Waals surface area contributed by atoms with E-state index in [0.717, 1.165) is 36.1 Å². The van der Waals surface area contributed by atoms with Crippen LogP contribution in [0.5, 0.6) is 5.75 Å². The van der Waals surface area contributed by atoms with Crippen molar-refractivity contribution in [1.82, 2.24) is 14.9 Å². The predicted molar refractivity (Wildman–Crippen MR) is 142 cm³/mol. The maximum Gasteiger partial charge on any atom is 0.229 e. The highest BCUT2D eigenvalue weighted by molar-refractivity contribution is 7.70. The highest BCUT2D eigenvalue weighted by atomic mass is 35.5. The summed E-state index contributed by atoms with van der Waals surface area (Å²) in [6.45, 7) is 5.46. The smallest absolute Gasteiger partial charge is 0.229 e. The van der Waals surface area contributed by atoms with Gasteiger partial charge in [-0.05, 0) is 62.2 Å². The van der Waals surface area contributed by atoms with E-state index >= 15 is 0 Å². The Labute approximate surface area is 205 Å². The summed E-state index contributed by atoms with van der Waals surface area (Å²) >= 11 is 6.37. The van der Waals surface area contributed by atoms with Crippen molar-refractivity contribution in [3.05, 3.63) is 65.3 Å². The van der Waals surface area contributed by atoms with E-state index in [1.165, 1.54) is 11.8 Å². The van der Waals surface area contributed by atoms with Crippen molar-refractivity contribution in [3.8, 4) is 5.75 Å². The van der Waals surface area contributed by atoms with E-state index in [1.807, 2.05) is 36.4 Å².